The van der Waals surface area contributed by atoms with Crippen molar-refractivity contribution in [2.45, 2.75) is 20.3 Å². The van der Waals surface area contributed by atoms with Gasteiger partial charge in [-0.15, -0.1) is 0 Å². The lowest BCUT2D eigenvalue weighted by Gasteiger charge is -2.06. The smallest absolute Gasteiger partial charge is 0.309 e. The molecule has 0 unspecified atom stereocenters. The molecule has 0 bridgehead atoms. The third kappa shape index (κ3) is 3.31. The summed E-state index contributed by atoms with van der Waals surface area (Å²) in [5, 5.41) is 0.0709. The van der Waals surface area contributed by atoms with Gasteiger partial charge in [-0.3, -0.25) is 0 Å². The molecule has 2 rings (SSSR count). The van der Waals surface area contributed by atoms with Gasteiger partial charge in [-0.05, 0) is 36.0 Å². The average molecular weight is 332 g/mol. The molecular weight excluding hydrogens is 318 g/mol. The number of aryl methyl sites for hydroxylation is 1. The Balaban J connectivity index is 2.42. The van der Waals surface area contributed by atoms with Gasteiger partial charge >= 0.3 is 10.1 Å². The molecule has 0 saturated carbocycles. The fourth-order valence-electron chi connectivity index (χ4n) is 1.60. The second-order valence-corrected chi connectivity index (χ2v) is 7.10. The standard InChI is InChI=1S/C13H14ClNO3S2/c1-3-9-5-7-10(8-6-9)12-11(13(14)15-19-12)18-20(16,17)4-2/h5-8H,3-4H2,1-2H3. The first-order valence-electron chi connectivity index (χ1n) is 6.13. The van der Waals surface area contributed by atoms with Crippen molar-refractivity contribution in [1.82, 2.24) is 4.37 Å². The first kappa shape index (κ1) is 15.3. The van der Waals surface area contributed by atoms with Crippen molar-refractivity contribution in [1.29, 1.82) is 0 Å². The van der Waals surface area contributed by atoms with Crippen LogP contribution in [0.2, 0.25) is 5.15 Å². The highest BCUT2D eigenvalue weighted by Crippen LogP contribution is 2.40. The Hall–Kier alpha value is -1.11. The number of hydrogen-bond acceptors (Lipinski definition) is 5. The molecule has 0 aliphatic heterocycles. The Labute approximate surface area is 127 Å². The fraction of sp³-hybridized carbons (Fsp3) is 0.308. The lowest BCUT2D eigenvalue weighted by molar-refractivity contribution is 0.489. The minimum Gasteiger partial charge on any atom is -0.377 e. The lowest BCUT2D eigenvalue weighted by atomic mass is 10.1. The highest BCUT2D eigenvalue weighted by Gasteiger charge is 2.21. The van der Waals surface area contributed by atoms with Gasteiger partial charge in [-0.1, -0.05) is 42.8 Å². The molecule has 0 radical (unpaired) electrons. The van der Waals surface area contributed by atoms with Gasteiger partial charge in [0.15, 0.2) is 10.9 Å². The molecular formula is C13H14ClNO3S2. The molecule has 108 valence electrons. The van der Waals surface area contributed by atoms with E-state index in [0.717, 1.165) is 23.5 Å². The second-order valence-electron chi connectivity index (χ2n) is 4.11. The Morgan fingerprint density at radius 2 is 1.90 bits per heavy atom. The maximum atomic E-state index is 11.6. The zero-order valence-corrected chi connectivity index (χ0v) is 13.5. The van der Waals surface area contributed by atoms with E-state index in [0.29, 0.717) is 4.88 Å². The van der Waals surface area contributed by atoms with Crippen molar-refractivity contribution < 1.29 is 12.6 Å². The van der Waals surface area contributed by atoms with E-state index in [4.69, 9.17) is 15.8 Å². The molecule has 0 atom stereocenters. The van der Waals surface area contributed by atoms with E-state index in [1.807, 2.05) is 24.3 Å². The number of hydrogen-bond donors (Lipinski definition) is 0. The quantitative estimate of drug-likeness (QED) is 0.783. The molecule has 7 heteroatoms. The number of aromatic nitrogens is 1. The van der Waals surface area contributed by atoms with E-state index in [1.165, 1.54) is 12.5 Å². The highest BCUT2D eigenvalue weighted by molar-refractivity contribution is 7.87. The SMILES string of the molecule is CCc1ccc(-c2snc(Cl)c2OS(=O)(=O)CC)cc1. The fourth-order valence-corrected chi connectivity index (χ4v) is 3.24. The number of benzene rings is 1. The van der Waals surface area contributed by atoms with Crippen LogP contribution in [-0.4, -0.2) is 18.5 Å². The topological polar surface area (TPSA) is 56.3 Å². The molecule has 0 aliphatic carbocycles. The molecule has 1 heterocycles. The molecule has 1 aromatic heterocycles. The molecule has 0 spiro atoms. The van der Waals surface area contributed by atoms with Crippen molar-refractivity contribution in [3.05, 3.63) is 35.0 Å². The number of halogens is 1. The minimum absolute atomic E-state index is 0.0709. The van der Waals surface area contributed by atoms with Crippen LogP contribution in [-0.2, 0) is 16.5 Å². The van der Waals surface area contributed by atoms with Gasteiger partial charge in [-0.25, -0.2) is 0 Å². The molecule has 0 fully saturated rings. The largest absolute Gasteiger partial charge is 0.377 e. The van der Waals surface area contributed by atoms with Crippen molar-refractivity contribution in [3.63, 3.8) is 0 Å². The van der Waals surface area contributed by atoms with Crippen molar-refractivity contribution in [2.75, 3.05) is 5.75 Å². The van der Waals surface area contributed by atoms with Crippen LogP contribution in [0.25, 0.3) is 10.4 Å². The molecule has 0 aliphatic rings. The van der Waals surface area contributed by atoms with Crippen LogP contribution in [0.3, 0.4) is 0 Å². The Bertz CT molecular complexity index is 693. The summed E-state index contributed by atoms with van der Waals surface area (Å²) in [6.07, 6.45) is 0.942. The Morgan fingerprint density at radius 1 is 1.25 bits per heavy atom. The maximum Gasteiger partial charge on any atom is 0.309 e. The van der Waals surface area contributed by atoms with E-state index in [9.17, 15) is 8.42 Å². The third-order valence-corrected chi connectivity index (χ3v) is 5.16. The van der Waals surface area contributed by atoms with Gasteiger partial charge in [0.05, 0.1) is 5.75 Å². The molecule has 4 nitrogen and oxygen atoms in total. The second kappa shape index (κ2) is 6.11. The van der Waals surface area contributed by atoms with E-state index in [1.54, 1.807) is 0 Å². The summed E-state index contributed by atoms with van der Waals surface area (Å²) in [4.78, 5) is 0.620. The summed E-state index contributed by atoms with van der Waals surface area (Å²) in [5.41, 5.74) is 2.04. The third-order valence-electron chi connectivity index (χ3n) is 2.80. The molecule has 0 saturated heterocycles. The van der Waals surface area contributed by atoms with Crippen LogP contribution < -0.4 is 4.18 Å². The summed E-state index contributed by atoms with van der Waals surface area (Å²) in [5.74, 6) is -0.00400. The first-order chi connectivity index (χ1) is 9.46. The lowest BCUT2D eigenvalue weighted by Crippen LogP contribution is -2.11. The van der Waals surface area contributed by atoms with Crippen molar-refractivity contribution >= 4 is 33.3 Å². The Kier molecular flexibility index (Phi) is 4.67. The number of rotatable bonds is 5. The van der Waals surface area contributed by atoms with Crippen LogP contribution >= 0.6 is 23.1 Å². The van der Waals surface area contributed by atoms with Gasteiger partial charge in [0.1, 0.15) is 4.88 Å². The van der Waals surface area contributed by atoms with Crippen LogP contribution in [0.5, 0.6) is 5.75 Å². The molecule has 2 aromatic rings. The summed E-state index contributed by atoms with van der Waals surface area (Å²) >= 11 is 7.05. The van der Waals surface area contributed by atoms with E-state index in [-0.39, 0.29) is 16.7 Å². The molecule has 0 N–H and O–H groups in total. The monoisotopic (exact) mass is 331 g/mol. The summed E-state index contributed by atoms with van der Waals surface area (Å²) in [6, 6.07) is 7.80. The molecule has 0 amide bonds. The zero-order chi connectivity index (χ0) is 14.8. The van der Waals surface area contributed by atoms with Crippen LogP contribution in [0.1, 0.15) is 19.4 Å². The summed E-state index contributed by atoms with van der Waals surface area (Å²) in [7, 11) is -3.63. The van der Waals surface area contributed by atoms with E-state index in [2.05, 4.69) is 11.3 Å². The van der Waals surface area contributed by atoms with Crippen LogP contribution in [0.15, 0.2) is 24.3 Å². The van der Waals surface area contributed by atoms with Gasteiger partial charge < -0.3 is 4.18 Å². The maximum absolute atomic E-state index is 11.6. The summed E-state index contributed by atoms with van der Waals surface area (Å²) < 4.78 is 32.2. The van der Waals surface area contributed by atoms with Crippen molar-refractivity contribution in [3.8, 4) is 16.2 Å². The van der Waals surface area contributed by atoms with E-state index < -0.39 is 10.1 Å². The first-order valence-corrected chi connectivity index (χ1v) is 8.86. The molecule has 20 heavy (non-hydrogen) atoms. The van der Waals surface area contributed by atoms with Gasteiger partial charge in [0.2, 0.25) is 0 Å². The van der Waals surface area contributed by atoms with Gasteiger partial charge in [-0.2, -0.15) is 12.8 Å². The predicted molar refractivity (Wildman–Crippen MR) is 82.0 cm³/mol. The summed E-state index contributed by atoms with van der Waals surface area (Å²) in [6.45, 7) is 3.58. The minimum atomic E-state index is -3.63. The van der Waals surface area contributed by atoms with Crippen molar-refractivity contribution in [2.24, 2.45) is 0 Å². The number of nitrogens with zero attached hydrogens (tertiary/aromatic N) is 1. The van der Waals surface area contributed by atoms with Crippen LogP contribution in [0.4, 0.5) is 0 Å². The normalized spacial score (nSPS) is 11.6. The van der Waals surface area contributed by atoms with E-state index >= 15 is 0 Å². The van der Waals surface area contributed by atoms with Gasteiger partial charge in [0, 0.05) is 0 Å². The zero-order valence-electron chi connectivity index (χ0n) is 11.1. The highest BCUT2D eigenvalue weighted by atomic mass is 35.5. The Morgan fingerprint density at radius 3 is 2.45 bits per heavy atom. The van der Waals surface area contributed by atoms with Crippen LogP contribution in [0, 0.1) is 0 Å². The molecule has 1 aromatic carbocycles. The predicted octanol–water partition coefficient (Wildman–Crippen LogP) is 3.75. The average Bonchev–Trinajstić information content (AvgIpc) is 2.80. The van der Waals surface area contributed by atoms with Gasteiger partial charge in [0.25, 0.3) is 0 Å².